The minimum Gasteiger partial charge on any atom is -0.492 e. The first kappa shape index (κ1) is 21.1. The van der Waals surface area contributed by atoms with Gasteiger partial charge in [-0.05, 0) is 80.7 Å². The molecule has 0 saturated carbocycles. The Balaban J connectivity index is 1.22. The molecule has 2 aromatic carbocycles. The molecule has 0 atom stereocenters. The summed E-state index contributed by atoms with van der Waals surface area (Å²) in [5, 5.41) is 5.64. The zero-order chi connectivity index (χ0) is 22.9. The monoisotopic (exact) mass is 469 g/mol. The van der Waals surface area contributed by atoms with E-state index in [1.807, 2.05) is 36.5 Å². The number of ether oxygens (including phenoxy) is 1. The number of thiophene rings is 1. The second-order valence-corrected chi connectivity index (χ2v) is 9.92. The summed E-state index contributed by atoms with van der Waals surface area (Å²) in [5.41, 5.74) is 3.95. The van der Waals surface area contributed by atoms with Crippen LogP contribution in [-0.4, -0.2) is 46.1 Å². The van der Waals surface area contributed by atoms with Gasteiger partial charge in [-0.3, -0.25) is 4.90 Å². The van der Waals surface area contributed by atoms with Crippen LogP contribution >= 0.6 is 11.3 Å². The smallest absolute Gasteiger partial charge is 0.229 e. The van der Waals surface area contributed by atoms with Crippen molar-refractivity contribution >= 4 is 44.1 Å². The Morgan fingerprint density at radius 3 is 2.74 bits per heavy atom. The van der Waals surface area contributed by atoms with Gasteiger partial charge in [0.25, 0.3) is 0 Å². The van der Waals surface area contributed by atoms with E-state index in [2.05, 4.69) is 46.4 Å². The molecule has 1 aliphatic rings. The molecule has 6 nitrogen and oxygen atoms in total. The van der Waals surface area contributed by atoms with Crippen molar-refractivity contribution in [1.82, 2.24) is 19.9 Å². The number of benzene rings is 2. The van der Waals surface area contributed by atoms with Gasteiger partial charge in [0.05, 0.1) is 10.6 Å². The third-order valence-electron chi connectivity index (χ3n) is 6.31. The Morgan fingerprint density at radius 2 is 1.88 bits per heavy atom. The highest BCUT2D eigenvalue weighted by atomic mass is 32.1. The van der Waals surface area contributed by atoms with Gasteiger partial charge in [-0.1, -0.05) is 17.7 Å². The number of likely N-dealkylation sites (tertiary alicyclic amines) is 1. The number of fused-ring (bicyclic) bond motifs is 2. The quantitative estimate of drug-likeness (QED) is 0.290. The molecule has 0 unspecified atom stereocenters. The van der Waals surface area contributed by atoms with E-state index in [4.69, 9.17) is 14.7 Å². The lowest BCUT2D eigenvalue weighted by Gasteiger charge is -2.15. The Labute approximate surface area is 202 Å². The molecule has 3 aromatic heterocycles. The molecule has 2 N–H and O–H groups in total. The van der Waals surface area contributed by atoms with Crippen molar-refractivity contribution < 1.29 is 4.74 Å². The van der Waals surface area contributed by atoms with Crippen molar-refractivity contribution in [1.29, 1.82) is 0 Å². The maximum atomic E-state index is 5.93. The molecule has 0 radical (unpaired) electrons. The maximum absolute atomic E-state index is 5.93. The first-order valence-corrected chi connectivity index (χ1v) is 12.6. The van der Waals surface area contributed by atoms with Crippen LogP contribution in [0.2, 0.25) is 0 Å². The van der Waals surface area contributed by atoms with Gasteiger partial charge in [0, 0.05) is 28.5 Å². The van der Waals surface area contributed by atoms with Gasteiger partial charge in [-0.2, -0.15) is 4.98 Å². The van der Waals surface area contributed by atoms with Gasteiger partial charge in [0.2, 0.25) is 5.95 Å². The summed E-state index contributed by atoms with van der Waals surface area (Å²) in [5.74, 6) is 1.45. The lowest BCUT2D eigenvalue weighted by molar-refractivity contribution is 0.238. The highest BCUT2D eigenvalue weighted by molar-refractivity contribution is 7.22. The number of anilines is 2. The summed E-state index contributed by atoms with van der Waals surface area (Å²) >= 11 is 1.76. The topological polar surface area (TPSA) is 66.1 Å². The van der Waals surface area contributed by atoms with E-state index < -0.39 is 0 Å². The predicted octanol–water partition coefficient (Wildman–Crippen LogP) is 6.37. The molecular weight excluding hydrogens is 442 g/mol. The van der Waals surface area contributed by atoms with Crippen LogP contribution in [0.5, 0.6) is 5.75 Å². The highest BCUT2D eigenvalue weighted by Gasteiger charge is 2.14. The van der Waals surface area contributed by atoms with E-state index in [0.29, 0.717) is 5.95 Å². The largest absolute Gasteiger partial charge is 0.492 e. The molecule has 5 aromatic rings. The fourth-order valence-corrected chi connectivity index (χ4v) is 5.57. The Kier molecular flexibility index (Phi) is 5.65. The van der Waals surface area contributed by atoms with E-state index in [-0.39, 0.29) is 0 Å². The van der Waals surface area contributed by atoms with Crippen LogP contribution in [0.15, 0.2) is 60.8 Å². The second-order valence-electron chi connectivity index (χ2n) is 8.83. The van der Waals surface area contributed by atoms with E-state index in [1.165, 1.54) is 41.6 Å². The average molecular weight is 470 g/mol. The van der Waals surface area contributed by atoms with Crippen molar-refractivity contribution in [3.05, 3.63) is 66.4 Å². The van der Waals surface area contributed by atoms with Gasteiger partial charge < -0.3 is 15.0 Å². The highest BCUT2D eigenvalue weighted by Crippen LogP contribution is 2.36. The first-order valence-electron chi connectivity index (χ1n) is 11.8. The Bertz CT molecular complexity index is 1430. The third kappa shape index (κ3) is 4.36. The summed E-state index contributed by atoms with van der Waals surface area (Å²) in [4.78, 5) is 16.4. The molecule has 0 bridgehead atoms. The van der Waals surface area contributed by atoms with Crippen molar-refractivity contribution in [2.45, 2.75) is 19.8 Å². The maximum Gasteiger partial charge on any atom is 0.229 e. The minimum absolute atomic E-state index is 0.571. The molecule has 1 saturated heterocycles. The number of hydrogen-bond donors (Lipinski definition) is 2. The third-order valence-corrected chi connectivity index (χ3v) is 7.43. The number of nitrogens with one attached hydrogen (secondary N) is 2. The van der Waals surface area contributed by atoms with Crippen LogP contribution < -0.4 is 10.1 Å². The SMILES string of the molecule is Cc1ccc2sc(-c3nc(Nc4ccc(OCCN5CCCC5)cc4)nc4[nH]ccc34)cc2c1. The number of hydrogen-bond acceptors (Lipinski definition) is 6. The summed E-state index contributed by atoms with van der Waals surface area (Å²) in [6.07, 6.45) is 4.53. The zero-order valence-corrected chi connectivity index (χ0v) is 20.0. The van der Waals surface area contributed by atoms with E-state index in [9.17, 15) is 0 Å². The fraction of sp³-hybridized carbons (Fsp3) is 0.259. The molecule has 34 heavy (non-hydrogen) atoms. The molecule has 1 fully saturated rings. The lowest BCUT2D eigenvalue weighted by atomic mass is 10.1. The predicted molar refractivity (Wildman–Crippen MR) is 140 cm³/mol. The van der Waals surface area contributed by atoms with Crippen molar-refractivity contribution in [3.8, 4) is 16.3 Å². The molecule has 172 valence electrons. The molecule has 0 aliphatic carbocycles. The number of nitrogens with zero attached hydrogens (tertiary/aromatic N) is 3. The van der Waals surface area contributed by atoms with Crippen LogP contribution in [0.3, 0.4) is 0 Å². The number of aryl methyl sites for hydroxylation is 1. The summed E-state index contributed by atoms with van der Waals surface area (Å²) in [6.45, 7) is 6.22. The summed E-state index contributed by atoms with van der Waals surface area (Å²) < 4.78 is 7.19. The number of aromatic nitrogens is 3. The summed E-state index contributed by atoms with van der Waals surface area (Å²) in [6, 6.07) is 18.8. The molecule has 0 spiro atoms. The van der Waals surface area contributed by atoms with E-state index in [0.717, 1.165) is 46.2 Å². The average Bonchev–Trinajstić information content (AvgIpc) is 3.60. The molecular formula is C27H27N5OS. The normalized spacial score (nSPS) is 14.3. The van der Waals surface area contributed by atoms with E-state index in [1.54, 1.807) is 11.3 Å². The lowest BCUT2D eigenvalue weighted by Crippen LogP contribution is -2.25. The Hall–Kier alpha value is -3.42. The summed E-state index contributed by atoms with van der Waals surface area (Å²) in [7, 11) is 0. The Morgan fingerprint density at radius 1 is 1.03 bits per heavy atom. The van der Waals surface area contributed by atoms with Crippen LogP contribution in [0.4, 0.5) is 11.6 Å². The van der Waals surface area contributed by atoms with Crippen molar-refractivity contribution in [2.75, 3.05) is 31.6 Å². The zero-order valence-electron chi connectivity index (χ0n) is 19.2. The van der Waals surface area contributed by atoms with Gasteiger partial charge >= 0.3 is 0 Å². The molecule has 4 heterocycles. The molecule has 0 amide bonds. The molecule has 6 rings (SSSR count). The minimum atomic E-state index is 0.571. The standard InChI is InChI=1S/C27H27N5OS/c1-18-4-9-23-19(16-18)17-24(34-23)25-22-10-11-28-26(22)31-27(30-25)29-20-5-7-21(8-6-20)33-15-14-32-12-2-3-13-32/h4-11,16-17H,2-3,12-15H2,1H3,(H2,28,29,30,31). The van der Waals surface area contributed by atoms with Crippen LogP contribution in [-0.2, 0) is 0 Å². The van der Waals surface area contributed by atoms with Crippen molar-refractivity contribution in [2.24, 2.45) is 0 Å². The van der Waals surface area contributed by atoms with Crippen LogP contribution in [0.1, 0.15) is 18.4 Å². The van der Waals surface area contributed by atoms with E-state index >= 15 is 0 Å². The fourth-order valence-electron chi connectivity index (χ4n) is 4.53. The second kappa shape index (κ2) is 9.08. The number of rotatable bonds is 7. The van der Waals surface area contributed by atoms with Crippen LogP contribution in [0, 0.1) is 6.92 Å². The molecule has 1 aliphatic heterocycles. The van der Waals surface area contributed by atoms with Gasteiger partial charge in [-0.15, -0.1) is 11.3 Å². The molecule has 7 heteroatoms. The number of aromatic amines is 1. The van der Waals surface area contributed by atoms with Crippen LogP contribution in [0.25, 0.3) is 31.7 Å². The first-order chi connectivity index (χ1) is 16.7. The van der Waals surface area contributed by atoms with Crippen molar-refractivity contribution in [3.63, 3.8) is 0 Å². The van der Waals surface area contributed by atoms with Gasteiger partial charge in [-0.25, -0.2) is 4.98 Å². The number of H-pyrrole nitrogens is 1. The van der Waals surface area contributed by atoms with Gasteiger partial charge in [0.1, 0.15) is 18.0 Å². The van der Waals surface area contributed by atoms with Gasteiger partial charge in [0.15, 0.2) is 0 Å².